The average Bonchev–Trinajstić information content (AvgIpc) is 2.83. The van der Waals surface area contributed by atoms with Crippen LogP contribution in [0.1, 0.15) is 16.6 Å². The van der Waals surface area contributed by atoms with Gasteiger partial charge in [0.15, 0.2) is 0 Å². The lowest BCUT2D eigenvalue weighted by Crippen LogP contribution is -2.22. The van der Waals surface area contributed by atoms with Crippen molar-refractivity contribution in [3.05, 3.63) is 46.5 Å². The van der Waals surface area contributed by atoms with Gasteiger partial charge in [-0.15, -0.1) is 0 Å². The zero-order chi connectivity index (χ0) is 13.1. The van der Waals surface area contributed by atoms with Crippen LogP contribution in [-0.2, 0) is 4.74 Å². The molecule has 0 aliphatic heterocycles. The van der Waals surface area contributed by atoms with Crippen LogP contribution in [0.5, 0.6) is 0 Å². The van der Waals surface area contributed by atoms with Gasteiger partial charge < -0.3 is 4.74 Å². The Morgan fingerprint density at radius 2 is 2.22 bits per heavy atom. The first-order chi connectivity index (χ1) is 8.63. The zero-order valence-corrected chi connectivity index (χ0v) is 10.9. The van der Waals surface area contributed by atoms with Gasteiger partial charge in [0.25, 0.3) is 0 Å². The van der Waals surface area contributed by atoms with E-state index in [1.165, 1.54) is 30.5 Å². The van der Waals surface area contributed by atoms with Crippen molar-refractivity contribution in [1.29, 1.82) is 0 Å². The minimum Gasteiger partial charge on any atom is -0.353 e. The van der Waals surface area contributed by atoms with Gasteiger partial charge in [0, 0.05) is 17.7 Å². The molecule has 0 saturated carbocycles. The molecule has 0 fully saturated rings. The molecule has 2 rings (SSSR count). The van der Waals surface area contributed by atoms with E-state index in [2.05, 4.69) is 10.1 Å². The second-order valence-electron chi connectivity index (χ2n) is 3.45. The molecule has 0 N–H and O–H groups in total. The Balaban J connectivity index is 2.35. The Hall–Kier alpha value is -1.43. The number of hydrogen-bond acceptors (Lipinski definition) is 4. The number of rotatable bonds is 4. The Labute approximate surface area is 113 Å². The van der Waals surface area contributed by atoms with Crippen molar-refractivity contribution < 1.29 is 9.53 Å². The van der Waals surface area contributed by atoms with Gasteiger partial charge in [-0.2, -0.15) is 5.10 Å². The number of methoxy groups -OCH3 is 1. The number of aromatic nitrogens is 3. The van der Waals surface area contributed by atoms with Crippen LogP contribution in [0.25, 0.3) is 0 Å². The molecule has 2 aromatic rings. The number of benzene rings is 1. The molecular weight excluding hydrogens is 277 g/mol. The summed E-state index contributed by atoms with van der Waals surface area (Å²) in [6, 6.07) is 4.65. The summed E-state index contributed by atoms with van der Waals surface area (Å²) in [6.45, 7) is 0. The minimum atomic E-state index is -0.897. The number of ketones is 1. The molecule has 0 spiro atoms. The second-order valence-corrected chi connectivity index (χ2v) is 4.30. The number of hydrogen-bond donors (Lipinski definition) is 0. The van der Waals surface area contributed by atoms with Gasteiger partial charge in [-0.3, -0.25) is 4.79 Å². The first-order valence-electron chi connectivity index (χ1n) is 4.99. The molecule has 0 bridgehead atoms. The fourth-order valence-electron chi connectivity index (χ4n) is 1.50. The fraction of sp³-hybridized carbons (Fsp3) is 0.182. The van der Waals surface area contributed by atoms with E-state index >= 15 is 0 Å². The van der Waals surface area contributed by atoms with Crippen LogP contribution in [0.4, 0.5) is 0 Å². The third-order valence-corrected chi connectivity index (χ3v) is 2.87. The van der Waals surface area contributed by atoms with Gasteiger partial charge >= 0.3 is 0 Å². The predicted octanol–water partition coefficient (Wildman–Crippen LogP) is 2.61. The van der Waals surface area contributed by atoms with E-state index in [1.807, 2.05) is 0 Å². The van der Waals surface area contributed by atoms with E-state index in [-0.39, 0.29) is 10.8 Å². The highest BCUT2D eigenvalue weighted by atomic mass is 35.5. The summed E-state index contributed by atoms with van der Waals surface area (Å²) >= 11 is 11.8. The lowest BCUT2D eigenvalue weighted by molar-refractivity contribution is 0.0294. The standard InChI is InChI=1S/C11H9Cl2N3O2/c1-18-11(16-6-14-5-15-16)10(17)8-3-2-7(12)4-9(8)13/h2-6,11H,1H3. The molecule has 0 aliphatic rings. The van der Waals surface area contributed by atoms with Crippen molar-refractivity contribution in [3.63, 3.8) is 0 Å². The first kappa shape index (κ1) is 13.0. The smallest absolute Gasteiger partial charge is 0.215 e. The molecular formula is C11H9Cl2N3O2. The van der Waals surface area contributed by atoms with E-state index in [0.717, 1.165) is 0 Å². The van der Waals surface area contributed by atoms with Gasteiger partial charge in [0.1, 0.15) is 12.7 Å². The van der Waals surface area contributed by atoms with Gasteiger partial charge in [0.2, 0.25) is 12.0 Å². The molecule has 0 radical (unpaired) electrons. The number of carbonyl (C=O) groups excluding carboxylic acids is 1. The number of carbonyl (C=O) groups is 1. The molecule has 0 aliphatic carbocycles. The monoisotopic (exact) mass is 285 g/mol. The Morgan fingerprint density at radius 3 is 2.78 bits per heavy atom. The van der Waals surface area contributed by atoms with Crippen molar-refractivity contribution in [3.8, 4) is 0 Å². The topological polar surface area (TPSA) is 57.0 Å². The maximum atomic E-state index is 12.3. The lowest BCUT2D eigenvalue weighted by atomic mass is 10.1. The largest absolute Gasteiger partial charge is 0.353 e. The fourth-order valence-corrected chi connectivity index (χ4v) is 2.00. The molecule has 7 heteroatoms. The minimum absolute atomic E-state index is 0.273. The maximum absolute atomic E-state index is 12.3. The summed E-state index contributed by atoms with van der Waals surface area (Å²) in [7, 11) is 1.41. The summed E-state index contributed by atoms with van der Waals surface area (Å²) in [5, 5.41) is 4.61. The van der Waals surface area contributed by atoms with Crippen LogP contribution in [-0.4, -0.2) is 27.7 Å². The van der Waals surface area contributed by atoms with Crippen molar-refractivity contribution in [2.24, 2.45) is 0 Å². The van der Waals surface area contributed by atoms with Gasteiger partial charge in [-0.05, 0) is 18.2 Å². The summed E-state index contributed by atoms with van der Waals surface area (Å²) in [5.41, 5.74) is 0.323. The summed E-state index contributed by atoms with van der Waals surface area (Å²) in [5.74, 6) is -0.315. The van der Waals surface area contributed by atoms with Gasteiger partial charge in [-0.1, -0.05) is 23.2 Å². The molecule has 1 unspecified atom stereocenters. The van der Waals surface area contributed by atoms with Crippen LogP contribution in [0, 0.1) is 0 Å². The highest BCUT2D eigenvalue weighted by molar-refractivity contribution is 6.36. The molecule has 1 atom stereocenters. The van der Waals surface area contributed by atoms with Crippen molar-refractivity contribution in [2.75, 3.05) is 7.11 Å². The summed E-state index contributed by atoms with van der Waals surface area (Å²) < 4.78 is 6.43. The van der Waals surface area contributed by atoms with Gasteiger partial charge in [0.05, 0.1) is 5.02 Å². The Kier molecular flexibility index (Phi) is 3.96. The molecule has 18 heavy (non-hydrogen) atoms. The van der Waals surface area contributed by atoms with E-state index < -0.39 is 6.23 Å². The van der Waals surface area contributed by atoms with Crippen molar-refractivity contribution >= 4 is 29.0 Å². The molecule has 0 amide bonds. The molecule has 1 aromatic heterocycles. The molecule has 1 aromatic carbocycles. The SMILES string of the molecule is COC(C(=O)c1ccc(Cl)cc1Cl)n1cncn1. The van der Waals surface area contributed by atoms with Crippen molar-refractivity contribution in [2.45, 2.75) is 6.23 Å². The highest BCUT2D eigenvalue weighted by Crippen LogP contribution is 2.24. The third-order valence-electron chi connectivity index (χ3n) is 2.32. The van der Waals surface area contributed by atoms with Crippen LogP contribution >= 0.6 is 23.2 Å². The van der Waals surface area contributed by atoms with E-state index in [9.17, 15) is 4.79 Å². The van der Waals surface area contributed by atoms with Crippen LogP contribution in [0.15, 0.2) is 30.9 Å². The number of halogens is 2. The first-order valence-corrected chi connectivity index (χ1v) is 5.75. The van der Waals surface area contributed by atoms with E-state index in [1.54, 1.807) is 12.1 Å². The highest BCUT2D eigenvalue weighted by Gasteiger charge is 2.24. The summed E-state index contributed by atoms with van der Waals surface area (Å²) in [6.07, 6.45) is 1.82. The molecule has 1 heterocycles. The predicted molar refractivity (Wildman–Crippen MR) is 66.9 cm³/mol. The summed E-state index contributed by atoms with van der Waals surface area (Å²) in [4.78, 5) is 16.0. The Morgan fingerprint density at radius 1 is 1.44 bits per heavy atom. The second kappa shape index (κ2) is 5.48. The maximum Gasteiger partial charge on any atom is 0.215 e. The van der Waals surface area contributed by atoms with Crippen LogP contribution in [0.3, 0.4) is 0 Å². The van der Waals surface area contributed by atoms with E-state index in [0.29, 0.717) is 10.6 Å². The zero-order valence-electron chi connectivity index (χ0n) is 9.38. The van der Waals surface area contributed by atoms with Crippen LogP contribution in [0.2, 0.25) is 10.0 Å². The lowest BCUT2D eigenvalue weighted by Gasteiger charge is -2.14. The molecule has 5 nitrogen and oxygen atoms in total. The normalized spacial score (nSPS) is 12.4. The number of ether oxygens (including phenoxy) is 1. The van der Waals surface area contributed by atoms with Gasteiger partial charge in [-0.25, -0.2) is 9.67 Å². The number of nitrogens with zero attached hydrogens (tertiary/aromatic N) is 3. The van der Waals surface area contributed by atoms with E-state index in [4.69, 9.17) is 27.9 Å². The quantitative estimate of drug-likeness (QED) is 0.811. The molecule has 0 saturated heterocycles. The number of Topliss-reactive ketones (excluding diaryl/α,β-unsaturated/α-hetero) is 1. The Bertz CT molecular complexity index is 557. The van der Waals surface area contributed by atoms with Crippen molar-refractivity contribution in [1.82, 2.24) is 14.8 Å². The van der Waals surface area contributed by atoms with Crippen LogP contribution < -0.4 is 0 Å². The molecule has 94 valence electrons. The third kappa shape index (κ3) is 2.53. The average molecular weight is 286 g/mol.